The van der Waals surface area contributed by atoms with E-state index in [-0.39, 0.29) is 17.9 Å². The number of hydrogen-bond donors (Lipinski definition) is 0. The first-order valence-corrected chi connectivity index (χ1v) is 9.89. The molecule has 8 nitrogen and oxygen atoms in total. The number of carbonyl (C=O) groups is 2. The fourth-order valence-electron chi connectivity index (χ4n) is 4.01. The van der Waals surface area contributed by atoms with Gasteiger partial charge in [-0.15, -0.1) is 0 Å². The van der Waals surface area contributed by atoms with Gasteiger partial charge in [-0.3, -0.25) is 14.5 Å². The summed E-state index contributed by atoms with van der Waals surface area (Å²) in [6, 6.07) is 0.0955. The molecule has 0 aliphatic carbocycles. The van der Waals surface area contributed by atoms with Crippen molar-refractivity contribution in [2.45, 2.75) is 32.2 Å². The molecule has 2 saturated heterocycles. The second-order valence-corrected chi connectivity index (χ2v) is 7.46. The lowest BCUT2D eigenvalue weighted by Gasteiger charge is -2.39. The van der Waals surface area contributed by atoms with Crippen molar-refractivity contribution >= 4 is 11.8 Å². The van der Waals surface area contributed by atoms with Crippen LogP contribution in [0.1, 0.15) is 36.7 Å². The third kappa shape index (κ3) is 5.07. The maximum Gasteiger partial charge on any atom is 0.272 e. The summed E-state index contributed by atoms with van der Waals surface area (Å²) < 4.78 is 7.13. The fourth-order valence-corrected chi connectivity index (χ4v) is 4.01. The Balaban J connectivity index is 1.55. The molecule has 2 fully saturated rings. The fraction of sp³-hybridized carbons (Fsp3) is 0.737. The van der Waals surface area contributed by atoms with E-state index in [0.29, 0.717) is 12.2 Å². The maximum absolute atomic E-state index is 12.8. The lowest BCUT2D eigenvalue weighted by molar-refractivity contribution is -0.132. The molecule has 1 atom stereocenters. The van der Waals surface area contributed by atoms with Crippen molar-refractivity contribution in [3.63, 3.8) is 0 Å². The van der Waals surface area contributed by atoms with Gasteiger partial charge in [0.05, 0.1) is 25.7 Å². The van der Waals surface area contributed by atoms with Gasteiger partial charge in [0, 0.05) is 59.3 Å². The molecule has 0 radical (unpaired) electrons. The van der Waals surface area contributed by atoms with E-state index in [4.69, 9.17) is 4.74 Å². The molecule has 150 valence electrons. The highest BCUT2D eigenvalue weighted by molar-refractivity contribution is 5.92. The molecular formula is C19H31N5O3. The van der Waals surface area contributed by atoms with Crippen molar-refractivity contribution in [1.82, 2.24) is 24.3 Å². The number of amides is 2. The minimum Gasteiger partial charge on any atom is -0.379 e. The first-order valence-electron chi connectivity index (χ1n) is 9.89. The van der Waals surface area contributed by atoms with E-state index < -0.39 is 0 Å². The number of rotatable bonds is 6. The highest BCUT2D eigenvalue weighted by atomic mass is 16.5. The van der Waals surface area contributed by atoms with Crippen LogP contribution in [-0.2, 0) is 16.6 Å². The van der Waals surface area contributed by atoms with Gasteiger partial charge in [-0.05, 0) is 19.3 Å². The molecule has 8 heteroatoms. The van der Waals surface area contributed by atoms with Gasteiger partial charge in [0.2, 0.25) is 5.91 Å². The van der Waals surface area contributed by atoms with E-state index in [1.165, 1.54) is 0 Å². The van der Waals surface area contributed by atoms with Crippen molar-refractivity contribution in [2.75, 3.05) is 52.5 Å². The highest BCUT2D eigenvalue weighted by Crippen LogP contribution is 2.19. The van der Waals surface area contributed by atoms with Gasteiger partial charge in [-0.1, -0.05) is 0 Å². The molecule has 2 aliphatic heterocycles. The van der Waals surface area contributed by atoms with Crippen molar-refractivity contribution in [1.29, 1.82) is 0 Å². The molecule has 0 bridgehead atoms. The van der Waals surface area contributed by atoms with Gasteiger partial charge in [-0.2, -0.15) is 0 Å². The summed E-state index contributed by atoms with van der Waals surface area (Å²) >= 11 is 0. The minimum absolute atomic E-state index is 0.00322. The van der Waals surface area contributed by atoms with Crippen LogP contribution in [0.15, 0.2) is 12.5 Å². The molecule has 0 aromatic carbocycles. The topological polar surface area (TPSA) is 70.9 Å². The van der Waals surface area contributed by atoms with Crippen molar-refractivity contribution in [3.8, 4) is 0 Å². The summed E-state index contributed by atoms with van der Waals surface area (Å²) in [6.07, 6.45) is 6.07. The van der Waals surface area contributed by atoms with E-state index in [1.54, 1.807) is 24.0 Å². The maximum atomic E-state index is 12.8. The van der Waals surface area contributed by atoms with Gasteiger partial charge in [-0.25, -0.2) is 4.98 Å². The number of aromatic nitrogens is 2. The summed E-state index contributed by atoms with van der Waals surface area (Å²) in [5.74, 6) is 0.0910. The number of hydrogen-bond acceptors (Lipinski definition) is 5. The number of carbonyl (C=O) groups excluding carboxylic acids is 2. The zero-order valence-electron chi connectivity index (χ0n) is 16.5. The van der Waals surface area contributed by atoms with E-state index in [0.717, 1.165) is 65.2 Å². The molecule has 2 aliphatic rings. The van der Waals surface area contributed by atoms with Crippen molar-refractivity contribution in [2.24, 2.45) is 7.05 Å². The number of piperidine rings is 1. The van der Waals surface area contributed by atoms with E-state index in [2.05, 4.69) is 9.88 Å². The van der Waals surface area contributed by atoms with Crippen LogP contribution in [0.25, 0.3) is 0 Å². The van der Waals surface area contributed by atoms with Crippen molar-refractivity contribution < 1.29 is 14.3 Å². The zero-order chi connectivity index (χ0) is 19.2. The standard InChI is InChI=1S/C19H31N5O3/c1-16(25)24(8-4-6-22-9-11-27-12-10-22)17-5-3-7-23(14-17)19(26)18-13-20-15-21(18)2/h13,15,17H,3-12,14H2,1-2H3. The lowest BCUT2D eigenvalue weighted by Crippen LogP contribution is -2.52. The molecular weight excluding hydrogens is 346 g/mol. The van der Waals surface area contributed by atoms with E-state index in [9.17, 15) is 9.59 Å². The summed E-state index contributed by atoms with van der Waals surface area (Å²) in [5, 5.41) is 0. The van der Waals surface area contributed by atoms with Crippen LogP contribution in [0.3, 0.4) is 0 Å². The number of imidazole rings is 1. The molecule has 0 saturated carbocycles. The Labute approximate surface area is 161 Å². The molecule has 3 rings (SSSR count). The SMILES string of the molecule is CC(=O)N(CCCN1CCOCC1)C1CCCN(C(=O)c2cncn2C)C1. The minimum atomic E-state index is -0.00322. The summed E-state index contributed by atoms with van der Waals surface area (Å²) in [6.45, 7) is 8.22. The summed E-state index contributed by atoms with van der Waals surface area (Å²) in [7, 11) is 1.83. The average Bonchev–Trinajstić information content (AvgIpc) is 3.11. The Morgan fingerprint density at radius 1 is 1.30 bits per heavy atom. The van der Waals surface area contributed by atoms with Crippen LogP contribution >= 0.6 is 0 Å². The van der Waals surface area contributed by atoms with Crippen LogP contribution in [0.2, 0.25) is 0 Å². The van der Waals surface area contributed by atoms with E-state index in [1.807, 2.05) is 16.8 Å². The Hall–Kier alpha value is -1.93. The normalized spacial score (nSPS) is 21.3. The van der Waals surface area contributed by atoms with Gasteiger partial charge in [0.15, 0.2) is 0 Å². The number of nitrogens with zero attached hydrogens (tertiary/aromatic N) is 5. The van der Waals surface area contributed by atoms with Crippen LogP contribution in [0.5, 0.6) is 0 Å². The lowest BCUT2D eigenvalue weighted by atomic mass is 10.0. The second-order valence-electron chi connectivity index (χ2n) is 7.46. The predicted molar refractivity (Wildman–Crippen MR) is 101 cm³/mol. The third-order valence-electron chi connectivity index (χ3n) is 5.54. The summed E-state index contributed by atoms with van der Waals surface area (Å²) in [4.78, 5) is 35.3. The number of ether oxygens (including phenoxy) is 1. The number of likely N-dealkylation sites (tertiary alicyclic amines) is 1. The zero-order valence-corrected chi connectivity index (χ0v) is 16.5. The highest BCUT2D eigenvalue weighted by Gasteiger charge is 2.30. The van der Waals surface area contributed by atoms with Crippen LogP contribution in [0.4, 0.5) is 0 Å². The molecule has 2 amide bonds. The molecule has 1 unspecified atom stereocenters. The number of aryl methyl sites for hydroxylation is 1. The first kappa shape index (κ1) is 19.8. The molecule has 27 heavy (non-hydrogen) atoms. The van der Waals surface area contributed by atoms with Gasteiger partial charge in [0.25, 0.3) is 5.91 Å². The Morgan fingerprint density at radius 2 is 2.07 bits per heavy atom. The van der Waals surface area contributed by atoms with Gasteiger partial charge >= 0.3 is 0 Å². The van der Waals surface area contributed by atoms with Gasteiger partial charge in [0.1, 0.15) is 5.69 Å². The Morgan fingerprint density at radius 3 is 2.74 bits per heavy atom. The molecule has 1 aromatic rings. The van der Waals surface area contributed by atoms with Crippen LogP contribution < -0.4 is 0 Å². The predicted octanol–water partition coefficient (Wildman–Crippen LogP) is 0.596. The molecule has 0 N–H and O–H groups in total. The van der Waals surface area contributed by atoms with Crippen LogP contribution in [-0.4, -0.2) is 94.6 Å². The molecule has 0 spiro atoms. The Kier molecular flexibility index (Phi) is 6.84. The van der Waals surface area contributed by atoms with Crippen molar-refractivity contribution in [3.05, 3.63) is 18.2 Å². The third-order valence-corrected chi connectivity index (χ3v) is 5.54. The van der Waals surface area contributed by atoms with E-state index >= 15 is 0 Å². The molecule has 1 aromatic heterocycles. The average molecular weight is 377 g/mol. The monoisotopic (exact) mass is 377 g/mol. The second kappa shape index (κ2) is 9.32. The van der Waals surface area contributed by atoms with Gasteiger partial charge < -0.3 is 19.1 Å². The smallest absolute Gasteiger partial charge is 0.272 e. The first-order chi connectivity index (χ1) is 13.1. The van der Waals surface area contributed by atoms with Crippen LogP contribution in [0, 0.1) is 0 Å². The quantitative estimate of drug-likeness (QED) is 0.726. The Bertz CT molecular complexity index is 641. The molecule has 3 heterocycles. The largest absolute Gasteiger partial charge is 0.379 e. The summed E-state index contributed by atoms with van der Waals surface area (Å²) in [5.41, 5.74) is 0.595. The number of morpholine rings is 1.